The predicted molar refractivity (Wildman–Crippen MR) is 78.6 cm³/mol. The number of methoxy groups -OCH3 is 1. The minimum atomic E-state index is -0.783. The summed E-state index contributed by atoms with van der Waals surface area (Å²) in [6, 6.07) is 4.17. The Bertz CT molecular complexity index is 476. The maximum atomic E-state index is 11.4. The Labute approximate surface area is 116 Å². The van der Waals surface area contributed by atoms with E-state index in [1.54, 1.807) is 7.11 Å². The van der Waals surface area contributed by atoms with Crippen molar-refractivity contribution in [3.63, 3.8) is 0 Å². The van der Waals surface area contributed by atoms with Crippen LogP contribution >= 0.6 is 0 Å². The van der Waals surface area contributed by atoms with E-state index in [1.807, 2.05) is 6.07 Å². The molecule has 106 valence electrons. The number of aliphatic hydroxyl groups is 1. The van der Waals surface area contributed by atoms with Gasteiger partial charge in [0.25, 0.3) is 0 Å². The van der Waals surface area contributed by atoms with Crippen LogP contribution in [0.5, 0.6) is 5.75 Å². The number of ether oxygens (including phenoxy) is 1. The first-order chi connectivity index (χ1) is 8.82. The van der Waals surface area contributed by atoms with Gasteiger partial charge in [-0.15, -0.1) is 0 Å². The molecule has 1 saturated carbocycles. The van der Waals surface area contributed by atoms with Crippen LogP contribution in [0.3, 0.4) is 0 Å². The van der Waals surface area contributed by atoms with Crippen LogP contribution in [0.4, 0.5) is 0 Å². The zero-order valence-electron chi connectivity index (χ0n) is 12.8. The van der Waals surface area contributed by atoms with E-state index in [4.69, 9.17) is 4.74 Å². The third-order valence-electron chi connectivity index (χ3n) is 4.79. The lowest BCUT2D eigenvalue weighted by molar-refractivity contribution is -0.105. The molecule has 0 saturated heterocycles. The lowest BCUT2D eigenvalue weighted by atomic mass is 9.61. The second-order valence-electron chi connectivity index (χ2n) is 6.61. The highest BCUT2D eigenvalue weighted by atomic mass is 16.5. The summed E-state index contributed by atoms with van der Waals surface area (Å²) >= 11 is 0. The van der Waals surface area contributed by atoms with Crippen molar-refractivity contribution in [1.29, 1.82) is 0 Å². The van der Waals surface area contributed by atoms with Gasteiger partial charge in [-0.2, -0.15) is 0 Å². The van der Waals surface area contributed by atoms with Gasteiger partial charge in [0.2, 0.25) is 0 Å². The molecule has 0 aliphatic heterocycles. The van der Waals surface area contributed by atoms with Gasteiger partial charge in [-0.1, -0.05) is 32.8 Å². The van der Waals surface area contributed by atoms with Gasteiger partial charge in [-0.25, -0.2) is 0 Å². The molecule has 0 aromatic heterocycles. The number of benzene rings is 1. The predicted octanol–water partition coefficient (Wildman–Crippen LogP) is 4.10. The van der Waals surface area contributed by atoms with E-state index in [-0.39, 0.29) is 5.41 Å². The fourth-order valence-corrected chi connectivity index (χ4v) is 3.58. The molecule has 0 amide bonds. The summed E-state index contributed by atoms with van der Waals surface area (Å²) in [4.78, 5) is 0. The Hall–Kier alpha value is -1.02. The van der Waals surface area contributed by atoms with Gasteiger partial charge in [0.1, 0.15) is 5.75 Å². The molecule has 1 aliphatic carbocycles. The van der Waals surface area contributed by atoms with E-state index in [1.165, 1.54) is 12.0 Å². The van der Waals surface area contributed by atoms with Crippen molar-refractivity contribution in [3.05, 3.63) is 28.8 Å². The molecule has 1 fully saturated rings. The highest BCUT2D eigenvalue weighted by molar-refractivity contribution is 5.47. The molecule has 1 atom stereocenters. The second-order valence-corrected chi connectivity index (χ2v) is 6.61. The van der Waals surface area contributed by atoms with Crippen LogP contribution in [0.25, 0.3) is 0 Å². The van der Waals surface area contributed by atoms with Crippen LogP contribution in [0.2, 0.25) is 0 Å². The molecule has 1 aliphatic rings. The quantitative estimate of drug-likeness (QED) is 0.869. The van der Waals surface area contributed by atoms with E-state index in [0.717, 1.165) is 36.1 Å². The zero-order chi connectivity index (χ0) is 14.3. The van der Waals surface area contributed by atoms with Crippen LogP contribution in [-0.4, -0.2) is 12.2 Å². The molecule has 2 heteroatoms. The number of hydrogen-bond donors (Lipinski definition) is 1. The van der Waals surface area contributed by atoms with Gasteiger partial charge in [-0.05, 0) is 49.3 Å². The molecular formula is C17H26O2. The highest BCUT2D eigenvalue weighted by Crippen LogP contribution is 2.53. The normalized spacial score (nSPS) is 26.2. The average molecular weight is 262 g/mol. The summed E-state index contributed by atoms with van der Waals surface area (Å²) in [6.07, 6.45) is 4.15. The monoisotopic (exact) mass is 262 g/mol. The Kier molecular flexibility index (Phi) is 3.65. The lowest BCUT2D eigenvalue weighted by Gasteiger charge is -2.48. The van der Waals surface area contributed by atoms with Gasteiger partial charge < -0.3 is 9.84 Å². The van der Waals surface area contributed by atoms with Crippen molar-refractivity contribution >= 4 is 0 Å². The molecule has 2 rings (SSSR count). The molecule has 19 heavy (non-hydrogen) atoms. The second kappa shape index (κ2) is 4.82. The van der Waals surface area contributed by atoms with Crippen molar-refractivity contribution in [2.45, 2.75) is 59.0 Å². The van der Waals surface area contributed by atoms with Crippen LogP contribution < -0.4 is 4.74 Å². The standard InChI is InChI=1S/C17H26O2/c1-12-10-13(2)15(14(11-12)19-5)17(18)9-7-6-8-16(17,3)4/h10-11,18H,6-9H2,1-5H3. The van der Waals surface area contributed by atoms with E-state index >= 15 is 0 Å². The SMILES string of the molecule is COc1cc(C)cc(C)c1C1(O)CCCCC1(C)C. The van der Waals surface area contributed by atoms with Gasteiger partial charge >= 0.3 is 0 Å². The third-order valence-corrected chi connectivity index (χ3v) is 4.79. The molecule has 0 heterocycles. The first-order valence-corrected chi connectivity index (χ1v) is 7.20. The largest absolute Gasteiger partial charge is 0.496 e. The molecule has 1 aromatic carbocycles. The molecule has 0 spiro atoms. The Morgan fingerprint density at radius 1 is 1.11 bits per heavy atom. The first-order valence-electron chi connectivity index (χ1n) is 7.20. The van der Waals surface area contributed by atoms with Crippen LogP contribution in [0, 0.1) is 19.3 Å². The summed E-state index contributed by atoms with van der Waals surface area (Å²) in [5.74, 6) is 0.829. The maximum Gasteiger partial charge on any atom is 0.125 e. The molecule has 0 bridgehead atoms. The minimum absolute atomic E-state index is 0.113. The topological polar surface area (TPSA) is 29.5 Å². The first kappa shape index (κ1) is 14.4. The van der Waals surface area contributed by atoms with E-state index in [9.17, 15) is 5.11 Å². The van der Waals surface area contributed by atoms with Gasteiger partial charge in [0, 0.05) is 5.56 Å². The van der Waals surface area contributed by atoms with Crippen LogP contribution in [0.1, 0.15) is 56.2 Å². The van der Waals surface area contributed by atoms with Crippen LogP contribution in [0.15, 0.2) is 12.1 Å². The lowest BCUT2D eigenvalue weighted by Crippen LogP contribution is -2.45. The summed E-state index contributed by atoms with van der Waals surface area (Å²) < 4.78 is 5.56. The molecule has 0 radical (unpaired) electrons. The number of aryl methyl sites for hydroxylation is 2. The fourth-order valence-electron chi connectivity index (χ4n) is 3.58. The van der Waals surface area contributed by atoms with Gasteiger partial charge in [0.15, 0.2) is 0 Å². The Balaban J connectivity index is 2.62. The highest BCUT2D eigenvalue weighted by Gasteiger charge is 2.48. The molecule has 1 N–H and O–H groups in total. The number of hydrogen-bond acceptors (Lipinski definition) is 2. The Morgan fingerprint density at radius 2 is 1.74 bits per heavy atom. The minimum Gasteiger partial charge on any atom is -0.496 e. The fraction of sp³-hybridized carbons (Fsp3) is 0.647. The van der Waals surface area contributed by atoms with Crippen molar-refractivity contribution < 1.29 is 9.84 Å². The zero-order valence-corrected chi connectivity index (χ0v) is 12.8. The smallest absolute Gasteiger partial charge is 0.125 e. The Morgan fingerprint density at radius 3 is 2.32 bits per heavy atom. The van der Waals surface area contributed by atoms with E-state index in [2.05, 4.69) is 33.8 Å². The van der Waals surface area contributed by atoms with Crippen molar-refractivity contribution in [1.82, 2.24) is 0 Å². The summed E-state index contributed by atoms with van der Waals surface area (Å²) in [5.41, 5.74) is 2.40. The molecular weight excluding hydrogens is 236 g/mol. The molecule has 1 unspecified atom stereocenters. The summed E-state index contributed by atoms with van der Waals surface area (Å²) in [5, 5.41) is 11.4. The summed E-state index contributed by atoms with van der Waals surface area (Å²) in [6.45, 7) is 8.48. The maximum absolute atomic E-state index is 11.4. The van der Waals surface area contributed by atoms with Crippen molar-refractivity contribution in [2.75, 3.05) is 7.11 Å². The average Bonchev–Trinajstić information content (AvgIpc) is 2.31. The molecule has 2 nitrogen and oxygen atoms in total. The van der Waals surface area contributed by atoms with Gasteiger partial charge in [0.05, 0.1) is 12.7 Å². The van der Waals surface area contributed by atoms with E-state index in [0.29, 0.717) is 0 Å². The van der Waals surface area contributed by atoms with Crippen molar-refractivity contribution in [2.24, 2.45) is 5.41 Å². The number of rotatable bonds is 2. The molecule has 1 aromatic rings. The van der Waals surface area contributed by atoms with E-state index < -0.39 is 5.60 Å². The van der Waals surface area contributed by atoms with Crippen LogP contribution in [-0.2, 0) is 5.60 Å². The van der Waals surface area contributed by atoms with Crippen molar-refractivity contribution in [3.8, 4) is 5.75 Å². The van der Waals surface area contributed by atoms with Gasteiger partial charge in [-0.3, -0.25) is 0 Å². The summed E-state index contributed by atoms with van der Waals surface area (Å²) in [7, 11) is 1.69. The third kappa shape index (κ3) is 2.27.